The van der Waals surface area contributed by atoms with Gasteiger partial charge in [0, 0.05) is 19.0 Å². The lowest BCUT2D eigenvalue weighted by atomic mass is 9.99. The second kappa shape index (κ2) is 4.97. The van der Waals surface area contributed by atoms with Crippen molar-refractivity contribution in [1.82, 2.24) is 10.3 Å². The predicted octanol–water partition coefficient (Wildman–Crippen LogP) is -0.00760. The first kappa shape index (κ1) is 11.6. The van der Waals surface area contributed by atoms with Gasteiger partial charge >= 0.3 is 11.8 Å². The first-order valence-electron chi connectivity index (χ1n) is 5.57. The average Bonchev–Trinajstić information content (AvgIpc) is 2.87. The van der Waals surface area contributed by atoms with E-state index >= 15 is 0 Å². The van der Waals surface area contributed by atoms with Crippen molar-refractivity contribution in [2.75, 3.05) is 13.1 Å². The zero-order chi connectivity index (χ0) is 12.3. The molecule has 2 rings (SSSR count). The van der Waals surface area contributed by atoms with Crippen LogP contribution in [0, 0.1) is 0 Å². The molecule has 1 aromatic carbocycles. The fourth-order valence-corrected chi connectivity index (χ4v) is 2.15. The van der Waals surface area contributed by atoms with Gasteiger partial charge in [-0.25, -0.2) is 5.84 Å². The highest BCUT2D eigenvalue weighted by Crippen LogP contribution is 2.26. The summed E-state index contributed by atoms with van der Waals surface area (Å²) < 4.78 is 0. The van der Waals surface area contributed by atoms with Crippen molar-refractivity contribution in [2.24, 2.45) is 5.84 Å². The highest BCUT2D eigenvalue weighted by molar-refractivity contribution is 6.34. The van der Waals surface area contributed by atoms with E-state index in [0.717, 1.165) is 6.42 Å². The highest BCUT2D eigenvalue weighted by atomic mass is 16.2. The molecular formula is C12H15N3O2. The van der Waals surface area contributed by atoms with Gasteiger partial charge in [0.15, 0.2) is 0 Å². The minimum Gasteiger partial charge on any atom is -0.334 e. The maximum Gasteiger partial charge on any atom is 0.323 e. The van der Waals surface area contributed by atoms with Crippen molar-refractivity contribution in [3.63, 3.8) is 0 Å². The molecule has 2 amide bonds. The van der Waals surface area contributed by atoms with E-state index in [-0.39, 0.29) is 0 Å². The Labute approximate surface area is 99.6 Å². The van der Waals surface area contributed by atoms with Crippen LogP contribution in [0.3, 0.4) is 0 Å². The van der Waals surface area contributed by atoms with E-state index < -0.39 is 11.8 Å². The third-order valence-corrected chi connectivity index (χ3v) is 3.07. The number of rotatable bonds is 1. The molecule has 0 aromatic heterocycles. The van der Waals surface area contributed by atoms with Gasteiger partial charge in [-0.3, -0.25) is 15.0 Å². The molecule has 1 aliphatic rings. The first-order valence-corrected chi connectivity index (χ1v) is 5.57. The Morgan fingerprint density at radius 3 is 2.65 bits per heavy atom. The van der Waals surface area contributed by atoms with Crippen molar-refractivity contribution in [3.05, 3.63) is 35.9 Å². The number of amides is 2. The van der Waals surface area contributed by atoms with Crippen LogP contribution in [-0.2, 0) is 9.59 Å². The summed E-state index contributed by atoms with van der Waals surface area (Å²) in [6.45, 7) is 1.18. The van der Waals surface area contributed by atoms with Gasteiger partial charge in [-0.15, -0.1) is 0 Å². The van der Waals surface area contributed by atoms with Gasteiger partial charge in [0.2, 0.25) is 0 Å². The summed E-state index contributed by atoms with van der Waals surface area (Å²) in [6, 6.07) is 10.0. The lowest BCUT2D eigenvalue weighted by Crippen LogP contribution is -2.44. The first-order chi connectivity index (χ1) is 8.22. The number of hydrogen-bond acceptors (Lipinski definition) is 3. The molecule has 1 atom stereocenters. The van der Waals surface area contributed by atoms with Gasteiger partial charge in [0.25, 0.3) is 0 Å². The normalized spacial score (nSPS) is 19.1. The molecule has 1 aliphatic heterocycles. The van der Waals surface area contributed by atoms with E-state index in [1.807, 2.05) is 35.8 Å². The molecule has 0 radical (unpaired) electrons. The van der Waals surface area contributed by atoms with Crippen LogP contribution in [0.4, 0.5) is 0 Å². The maximum atomic E-state index is 11.6. The lowest BCUT2D eigenvalue weighted by molar-refractivity contribution is -0.145. The van der Waals surface area contributed by atoms with Crippen molar-refractivity contribution in [2.45, 2.75) is 12.3 Å². The van der Waals surface area contributed by atoms with Crippen molar-refractivity contribution >= 4 is 11.8 Å². The molecule has 5 heteroatoms. The molecule has 1 saturated heterocycles. The van der Waals surface area contributed by atoms with Crippen LogP contribution in [0.1, 0.15) is 17.9 Å². The van der Waals surface area contributed by atoms with Gasteiger partial charge in [0.05, 0.1) is 0 Å². The zero-order valence-corrected chi connectivity index (χ0v) is 9.43. The summed E-state index contributed by atoms with van der Waals surface area (Å²) in [5, 5.41) is 0. The molecule has 90 valence electrons. The minimum atomic E-state index is -0.751. The summed E-state index contributed by atoms with van der Waals surface area (Å²) in [6.07, 6.45) is 0.883. The topological polar surface area (TPSA) is 75.4 Å². The minimum absolute atomic E-state index is 0.311. The molecule has 17 heavy (non-hydrogen) atoms. The molecule has 1 unspecified atom stereocenters. The molecule has 0 aliphatic carbocycles. The Morgan fingerprint density at radius 2 is 2.00 bits per heavy atom. The van der Waals surface area contributed by atoms with Crippen LogP contribution >= 0.6 is 0 Å². The van der Waals surface area contributed by atoms with Gasteiger partial charge in [-0.2, -0.15) is 0 Å². The van der Waals surface area contributed by atoms with Crippen molar-refractivity contribution < 1.29 is 9.59 Å². The number of carbonyl (C=O) groups is 2. The van der Waals surface area contributed by atoms with Crippen molar-refractivity contribution in [3.8, 4) is 0 Å². The summed E-state index contributed by atoms with van der Waals surface area (Å²) in [5.74, 6) is 3.95. The third-order valence-electron chi connectivity index (χ3n) is 3.07. The number of benzene rings is 1. The summed E-state index contributed by atoms with van der Waals surface area (Å²) in [5.41, 5.74) is 3.07. The van der Waals surface area contributed by atoms with Gasteiger partial charge in [-0.05, 0) is 12.0 Å². The smallest absolute Gasteiger partial charge is 0.323 e. The Hall–Kier alpha value is -1.88. The fourth-order valence-electron chi connectivity index (χ4n) is 2.15. The van der Waals surface area contributed by atoms with Gasteiger partial charge in [0.1, 0.15) is 0 Å². The Bertz CT molecular complexity index is 419. The quantitative estimate of drug-likeness (QED) is 0.310. The van der Waals surface area contributed by atoms with Crippen LogP contribution < -0.4 is 11.3 Å². The van der Waals surface area contributed by atoms with E-state index in [9.17, 15) is 9.59 Å². The van der Waals surface area contributed by atoms with Crippen LogP contribution in [-0.4, -0.2) is 29.8 Å². The van der Waals surface area contributed by atoms with E-state index in [1.54, 1.807) is 4.90 Å². The maximum absolute atomic E-state index is 11.6. The largest absolute Gasteiger partial charge is 0.334 e. The zero-order valence-electron chi connectivity index (χ0n) is 9.43. The molecule has 1 heterocycles. The monoisotopic (exact) mass is 233 g/mol. The van der Waals surface area contributed by atoms with Crippen LogP contribution in [0.25, 0.3) is 0 Å². The van der Waals surface area contributed by atoms with E-state index in [1.165, 1.54) is 5.56 Å². The molecule has 0 spiro atoms. The summed E-state index contributed by atoms with van der Waals surface area (Å²) >= 11 is 0. The molecule has 1 fully saturated rings. The highest BCUT2D eigenvalue weighted by Gasteiger charge is 2.30. The summed E-state index contributed by atoms with van der Waals surface area (Å²) in [7, 11) is 0. The molecular weight excluding hydrogens is 218 g/mol. The van der Waals surface area contributed by atoms with Crippen LogP contribution in [0.2, 0.25) is 0 Å². The molecule has 5 nitrogen and oxygen atoms in total. The number of nitrogens with two attached hydrogens (primary N) is 1. The van der Waals surface area contributed by atoms with Crippen LogP contribution in [0.15, 0.2) is 30.3 Å². The standard InChI is InChI=1S/C12H15N3O2/c13-14-11(16)12(17)15-7-6-10(8-15)9-4-2-1-3-5-9/h1-5,10H,6-8,13H2,(H,14,16). The SMILES string of the molecule is NNC(=O)C(=O)N1CCC(c2ccccc2)C1. The molecule has 1 aromatic rings. The average molecular weight is 233 g/mol. The number of nitrogens with one attached hydrogen (secondary N) is 1. The molecule has 0 bridgehead atoms. The molecule has 0 saturated carbocycles. The lowest BCUT2D eigenvalue weighted by Gasteiger charge is -2.15. The van der Waals surface area contributed by atoms with Gasteiger partial charge < -0.3 is 4.90 Å². The number of carbonyl (C=O) groups excluding carboxylic acids is 2. The second-order valence-electron chi connectivity index (χ2n) is 4.12. The predicted molar refractivity (Wildman–Crippen MR) is 62.7 cm³/mol. The number of nitrogens with zero attached hydrogens (tertiary/aromatic N) is 1. The number of likely N-dealkylation sites (tertiary alicyclic amines) is 1. The second-order valence-corrected chi connectivity index (χ2v) is 4.12. The summed E-state index contributed by atoms with van der Waals surface area (Å²) in [4.78, 5) is 24.2. The van der Waals surface area contributed by atoms with E-state index in [4.69, 9.17) is 5.84 Å². The third kappa shape index (κ3) is 2.45. The number of hydrogen-bond donors (Lipinski definition) is 2. The Kier molecular flexibility index (Phi) is 3.39. The van der Waals surface area contributed by atoms with Crippen LogP contribution in [0.5, 0.6) is 0 Å². The number of hydrazine groups is 1. The Morgan fingerprint density at radius 1 is 1.29 bits per heavy atom. The Balaban J connectivity index is 2.01. The van der Waals surface area contributed by atoms with E-state index in [2.05, 4.69) is 0 Å². The van der Waals surface area contributed by atoms with Gasteiger partial charge in [-0.1, -0.05) is 30.3 Å². The molecule has 3 N–H and O–H groups in total. The van der Waals surface area contributed by atoms with Crippen molar-refractivity contribution in [1.29, 1.82) is 0 Å². The van der Waals surface area contributed by atoms with E-state index in [0.29, 0.717) is 19.0 Å². The fraction of sp³-hybridized carbons (Fsp3) is 0.333.